The zero-order valence-corrected chi connectivity index (χ0v) is 18.2. The predicted octanol–water partition coefficient (Wildman–Crippen LogP) is 4.18. The summed E-state index contributed by atoms with van der Waals surface area (Å²) >= 11 is 1.45. The molecule has 0 saturated carbocycles. The van der Waals surface area contributed by atoms with Gasteiger partial charge in [0.25, 0.3) is 0 Å². The smallest absolute Gasteiger partial charge is 0.237 e. The molecule has 3 N–H and O–H groups in total. The lowest BCUT2D eigenvalue weighted by molar-refractivity contribution is -0.116. The molecule has 3 aromatic rings. The van der Waals surface area contributed by atoms with Crippen LogP contribution < -0.4 is 16.0 Å². The van der Waals surface area contributed by atoms with E-state index >= 15 is 0 Å². The molecule has 0 radical (unpaired) electrons. The fourth-order valence-electron chi connectivity index (χ4n) is 2.94. The number of nitrogen functional groups attached to an aromatic ring is 1. The lowest BCUT2D eigenvalue weighted by Gasteiger charge is -2.26. The molecule has 7 nitrogen and oxygen atoms in total. The third kappa shape index (κ3) is 5.93. The average Bonchev–Trinajstić information content (AvgIpc) is 2.70. The molecule has 0 saturated heterocycles. The highest BCUT2D eigenvalue weighted by atomic mass is 32.2. The van der Waals surface area contributed by atoms with E-state index in [2.05, 4.69) is 20.3 Å². The van der Waals surface area contributed by atoms with Gasteiger partial charge in [-0.25, -0.2) is 0 Å². The number of anilines is 4. The molecular weight excluding hydrogens is 396 g/mol. The number of amides is 1. The molecule has 1 aromatic heterocycles. The molecule has 1 heterocycles. The van der Waals surface area contributed by atoms with Crippen LogP contribution in [0.4, 0.5) is 23.3 Å². The summed E-state index contributed by atoms with van der Waals surface area (Å²) in [4.78, 5) is 27.4. The van der Waals surface area contributed by atoms with Crippen LogP contribution in [0.2, 0.25) is 0 Å². The molecule has 0 aliphatic carbocycles. The van der Waals surface area contributed by atoms with Crippen LogP contribution in [0, 0.1) is 6.92 Å². The van der Waals surface area contributed by atoms with Crippen LogP contribution >= 0.6 is 11.8 Å². The van der Waals surface area contributed by atoms with Crippen LogP contribution in [0.15, 0.2) is 54.6 Å². The quantitative estimate of drug-likeness (QED) is 0.562. The Balaban J connectivity index is 1.62. The summed E-state index contributed by atoms with van der Waals surface area (Å²) in [5.41, 5.74) is 8.78. The maximum absolute atomic E-state index is 12.8. The summed E-state index contributed by atoms with van der Waals surface area (Å²) in [5.74, 6) is 1.89. The number of rotatable bonds is 8. The molecule has 3 rings (SSSR count). The zero-order chi connectivity index (χ0) is 21.5. The fourth-order valence-corrected chi connectivity index (χ4v) is 3.67. The Bertz CT molecular complexity index is 979. The van der Waals surface area contributed by atoms with Gasteiger partial charge in [0.15, 0.2) is 0 Å². The van der Waals surface area contributed by atoms with Gasteiger partial charge in [-0.15, -0.1) is 11.8 Å². The number of aromatic nitrogens is 3. The van der Waals surface area contributed by atoms with E-state index in [0.717, 1.165) is 11.4 Å². The van der Waals surface area contributed by atoms with E-state index in [1.807, 2.05) is 75.4 Å². The molecule has 0 bridgehead atoms. The summed E-state index contributed by atoms with van der Waals surface area (Å²) in [7, 11) is 0. The van der Waals surface area contributed by atoms with Crippen LogP contribution in [0.25, 0.3) is 0 Å². The van der Waals surface area contributed by atoms with Crippen LogP contribution in [0.5, 0.6) is 0 Å². The minimum absolute atomic E-state index is 0.0428. The highest BCUT2D eigenvalue weighted by molar-refractivity contribution is 7.99. The van der Waals surface area contributed by atoms with Gasteiger partial charge in [-0.05, 0) is 45.0 Å². The minimum Gasteiger partial charge on any atom is -0.368 e. The molecule has 0 fully saturated rings. The molecule has 8 heteroatoms. The lowest BCUT2D eigenvalue weighted by Crippen LogP contribution is -2.38. The van der Waals surface area contributed by atoms with Gasteiger partial charge in [0, 0.05) is 17.4 Å². The monoisotopic (exact) mass is 422 g/mol. The Labute approximate surface area is 181 Å². The summed E-state index contributed by atoms with van der Waals surface area (Å²) in [5, 5.41) is 3.14. The van der Waals surface area contributed by atoms with Crippen LogP contribution in [0.1, 0.15) is 25.2 Å². The Morgan fingerprint density at radius 1 is 1.07 bits per heavy atom. The second-order valence-corrected chi connectivity index (χ2v) is 8.10. The van der Waals surface area contributed by atoms with Gasteiger partial charge < -0.3 is 16.0 Å². The number of nitrogens with two attached hydrogens (primary N) is 1. The number of nitrogens with zero attached hydrogens (tertiary/aromatic N) is 4. The van der Waals surface area contributed by atoms with E-state index in [-0.39, 0.29) is 17.9 Å². The third-order valence-electron chi connectivity index (χ3n) is 4.28. The van der Waals surface area contributed by atoms with E-state index in [9.17, 15) is 4.79 Å². The third-order valence-corrected chi connectivity index (χ3v) is 5.20. The second-order valence-electron chi connectivity index (χ2n) is 7.11. The Morgan fingerprint density at radius 2 is 1.77 bits per heavy atom. The highest BCUT2D eigenvalue weighted by Crippen LogP contribution is 2.20. The van der Waals surface area contributed by atoms with Crippen molar-refractivity contribution in [1.29, 1.82) is 0 Å². The predicted molar refractivity (Wildman–Crippen MR) is 124 cm³/mol. The van der Waals surface area contributed by atoms with E-state index < -0.39 is 0 Å². The van der Waals surface area contributed by atoms with Crippen molar-refractivity contribution in [2.75, 3.05) is 21.7 Å². The topological polar surface area (TPSA) is 97.0 Å². The van der Waals surface area contributed by atoms with Gasteiger partial charge in [-0.1, -0.05) is 35.9 Å². The van der Waals surface area contributed by atoms with E-state index in [4.69, 9.17) is 5.73 Å². The number of thioether (sulfide) groups is 1. The standard InChI is InChI=1S/C22H26N6OS/c1-15(2)28(18-7-5-4-6-8-18)20(29)14-30-13-19-25-21(23)27-22(26-19)24-17-11-9-16(3)10-12-17/h4-12,15H,13-14H2,1-3H3,(H3,23,24,25,26,27). The molecule has 0 unspecified atom stereocenters. The van der Waals surface area contributed by atoms with E-state index in [1.165, 1.54) is 17.3 Å². The molecule has 0 spiro atoms. The molecule has 2 aromatic carbocycles. The van der Waals surface area contributed by atoms with Crippen molar-refractivity contribution >= 4 is 40.9 Å². The summed E-state index contributed by atoms with van der Waals surface area (Å²) in [6.07, 6.45) is 0. The van der Waals surface area contributed by atoms with Crippen molar-refractivity contribution in [2.45, 2.75) is 32.6 Å². The van der Waals surface area contributed by atoms with Gasteiger partial charge in [0.1, 0.15) is 5.82 Å². The molecule has 30 heavy (non-hydrogen) atoms. The second kappa shape index (κ2) is 10.1. The number of benzene rings is 2. The van der Waals surface area contributed by atoms with Gasteiger partial charge >= 0.3 is 0 Å². The number of aryl methyl sites for hydroxylation is 1. The summed E-state index contributed by atoms with van der Waals surface area (Å²) in [6, 6.07) is 17.7. The van der Waals surface area contributed by atoms with Crippen molar-refractivity contribution < 1.29 is 4.79 Å². The number of hydrogen-bond acceptors (Lipinski definition) is 7. The normalized spacial score (nSPS) is 10.8. The summed E-state index contributed by atoms with van der Waals surface area (Å²) in [6.45, 7) is 6.04. The highest BCUT2D eigenvalue weighted by Gasteiger charge is 2.19. The van der Waals surface area contributed by atoms with Crippen LogP contribution in [0.3, 0.4) is 0 Å². The molecule has 0 aliphatic rings. The molecular formula is C22H26N6OS. The van der Waals surface area contributed by atoms with E-state index in [0.29, 0.717) is 23.3 Å². The Morgan fingerprint density at radius 3 is 2.43 bits per heavy atom. The molecule has 1 amide bonds. The lowest BCUT2D eigenvalue weighted by atomic mass is 10.2. The van der Waals surface area contributed by atoms with Crippen molar-refractivity contribution in [3.05, 3.63) is 66.0 Å². The number of carbonyl (C=O) groups is 1. The van der Waals surface area contributed by atoms with E-state index in [1.54, 1.807) is 4.90 Å². The number of carbonyl (C=O) groups excluding carboxylic acids is 1. The van der Waals surface area contributed by atoms with Crippen molar-refractivity contribution in [3.8, 4) is 0 Å². The maximum atomic E-state index is 12.8. The first-order chi connectivity index (χ1) is 14.4. The SMILES string of the molecule is Cc1ccc(Nc2nc(N)nc(CSCC(=O)N(c3ccccc3)C(C)C)n2)cc1. The fraction of sp³-hybridized carbons (Fsp3) is 0.273. The number of hydrogen-bond donors (Lipinski definition) is 2. The largest absolute Gasteiger partial charge is 0.368 e. The molecule has 0 aliphatic heterocycles. The number of para-hydroxylation sites is 1. The number of nitrogens with one attached hydrogen (secondary N) is 1. The van der Waals surface area contributed by atoms with Gasteiger partial charge in [0.05, 0.1) is 11.5 Å². The van der Waals surface area contributed by atoms with Crippen LogP contribution in [-0.4, -0.2) is 32.7 Å². The van der Waals surface area contributed by atoms with Crippen LogP contribution in [-0.2, 0) is 10.5 Å². The summed E-state index contributed by atoms with van der Waals surface area (Å²) < 4.78 is 0. The minimum atomic E-state index is 0.0428. The first-order valence-corrected chi connectivity index (χ1v) is 10.9. The van der Waals surface area contributed by atoms with Crippen molar-refractivity contribution in [2.24, 2.45) is 0 Å². The first kappa shape index (κ1) is 21.6. The Hall–Kier alpha value is -3.13. The van der Waals surface area contributed by atoms with Crippen molar-refractivity contribution in [3.63, 3.8) is 0 Å². The Kier molecular flexibility index (Phi) is 7.24. The van der Waals surface area contributed by atoms with Gasteiger partial charge in [-0.2, -0.15) is 15.0 Å². The van der Waals surface area contributed by atoms with Gasteiger partial charge in [-0.3, -0.25) is 4.79 Å². The zero-order valence-electron chi connectivity index (χ0n) is 17.4. The average molecular weight is 423 g/mol. The van der Waals surface area contributed by atoms with Gasteiger partial charge in [0.2, 0.25) is 17.8 Å². The molecule has 0 atom stereocenters. The van der Waals surface area contributed by atoms with Crippen molar-refractivity contribution in [1.82, 2.24) is 15.0 Å². The molecule has 156 valence electrons. The first-order valence-electron chi connectivity index (χ1n) is 9.71. The maximum Gasteiger partial charge on any atom is 0.237 e.